The summed E-state index contributed by atoms with van der Waals surface area (Å²) in [6.45, 7) is 4.25. The largest absolute Gasteiger partial charge is 0.497 e. The van der Waals surface area contributed by atoms with Crippen LogP contribution in [-0.4, -0.2) is 74.8 Å². The average molecular weight is 592 g/mol. The van der Waals surface area contributed by atoms with Crippen LogP contribution in [0.2, 0.25) is 0 Å². The normalized spacial score (nSPS) is 18.3. The summed E-state index contributed by atoms with van der Waals surface area (Å²) in [6, 6.07) is 18.7. The number of ether oxygens (including phenoxy) is 2. The molecule has 42 heavy (non-hydrogen) atoms. The van der Waals surface area contributed by atoms with E-state index in [1.807, 2.05) is 18.5 Å². The van der Waals surface area contributed by atoms with E-state index in [0.29, 0.717) is 25.4 Å². The van der Waals surface area contributed by atoms with Crippen LogP contribution >= 0.6 is 0 Å². The Hall–Kier alpha value is -3.43. The van der Waals surface area contributed by atoms with Gasteiger partial charge >= 0.3 is 0 Å². The highest BCUT2D eigenvalue weighted by molar-refractivity contribution is 7.92. The third-order valence-corrected chi connectivity index (χ3v) is 10.3. The highest BCUT2D eigenvalue weighted by atomic mass is 32.2. The number of piperidine rings is 1. The lowest BCUT2D eigenvalue weighted by molar-refractivity contribution is -0.131. The van der Waals surface area contributed by atoms with Crippen molar-refractivity contribution in [1.29, 1.82) is 0 Å². The summed E-state index contributed by atoms with van der Waals surface area (Å²) in [5, 5.41) is 0. The Labute approximate surface area is 249 Å². The summed E-state index contributed by atoms with van der Waals surface area (Å²) in [5.41, 5.74) is 2.52. The van der Waals surface area contributed by atoms with Crippen LogP contribution in [0.4, 0.5) is 0 Å². The van der Waals surface area contributed by atoms with Gasteiger partial charge in [-0.15, -0.1) is 0 Å². The van der Waals surface area contributed by atoms with E-state index in [4.69, 9.17) is 9.47 Å². The van der Waals surface area contributed by atoms with Crippen molar-refractivity contribution in [1.82, 2.24) is 14.8 Å². The molecule has 2 aliphatic rings. The molecule has 0 bridgehead atoms. The van der Waals surface area contributed by atoms with Gasteiger partial charge in [0.05, 0.1) is 12.0 Å². The van der Waals surface area contributed by atoms with E-state index in [1.165, 1.54) is 30.4 Å². The maximum Gasteiger partial charge on any atom is 0.238 e. The van der Waals surface area contributed by atoms with E-state index in [2.05, 4.69) is 40.2 Å². The van der Waals surface area contributed by atoms with E-state index >= 15 is 0 Å². The molecule has 2 aliphatic heterocycles. The molecule has 0 radical (unpaired) electrons. The lowest BCUT2D eigenvalue weighted by Gasteiger charge is -2.45. The van der Waals surface area contributed by atoms with Gasteiger partial charge in [-0.2, -0.15) is 0 Å². The number of hydrogen-bond donors (Lipinski definition) is 0. The van der Waals surface area contributed by atoms with Gasteiger partial charge in [-0.05, 0) is 91.1 Å². The zero-order chi connectivity index (χ0) is 29.4. The van der Waals surface area contributed by atoms with Gasteiger partial charge < -0.3 is 14.4 Å². The first-order valence-electron chi connectivity index (χ1n) is 14.8. The standard InChI is InChI=1S/C33H41N3O5S/c1-40-29-9-11-30(12-10-29)42(38,39)25-32(37)36-20-16-33(17-21-36)15-5-4-7-28-6-2-3-8-31(28)41-23-22-35(26-33)24-27-13-18-34-19-14-27/h2-3,6,8-14,18-19H,4-5,7,15-17,20-26H2,1H3. The summed E-state index contributed by atoms with van der Waals surface area (Å²) in [4.78, 5) is 21.7. The van der Waals surface area contributed by atoms with E-state index in [1.54, 1.807) is 17.0 Å². The SMILES string of the molecule is COc1ccc(S(=O)(=O)CC(=O)N2CCC3(CCCCc4ccccc4OCCN(Cc4ccncc4)C3)CC2)cc1. The van der Waals surface area contributed by atoms with Crippen LogP contribution in [0.5, 0.6) is 11.5 Å². The molecule has 5 rings (SSSR count). The maximum absolute atomic E-state index is 13.2. The van der Waals surface area contributed by atoms with Gasteiger partial charge in [0.2, 0.25) is 5.91 Å². The second-order valence-corrected chi connectivity index (χ2v) is 13.5. The molecule has 1 fully saturated rings. The van der Waals surface area contributed by atoms with Crippen LogP contribution in [0.25, 0.3) is 0 Å². The van der Waals surface area contributed by atoms with E-state index in [-0.39, 0.29) is 16.2 Å². The maximum atomic E-state index is 13.2. The first-order chi connectivity index (χ1) is 20.4. The number of carbonyl (C=O) groups is 1. The van der Waals surface area contributed by atoms with Crippen LogP contribution in [0, 0.1) is 5.41 Å². The van der Waals surface area contributed by atoms with Crippen LogP contribution in [0.15, 0.2) is 78.0 Å². The summed E-state index contributed by atoms with van der Waals surface area (Å²) < 4.78 is 37.4. The molecular formula is C33H41N3O5S. The number of para-hydroxylation sites is 1. The van der Waals surface area contributed by atoms with Crippen LogP contribution < -0.4 is 9.47 Å². The number of nitrogens with zero attached hydrogens (tertiary/aromatic N) is 3. The summed E-state index contributed by atoms with van der Waals surface area (Å²) >= 11 is 0. The number of fused-ring (bicyclic) bond motifs is 1. The predicted octanol–water partition coefficient (Wildman–Crippen LogP) is 4.78. The minimum atomic E-state index is -3.74. The number of aryl methyl sites for hydroxylation is 1. The quantitative estimate of drug-likeness (QED) is 0.408. The van der Waals surface area contributed by atoms with Crippen LogP contribution in [-0.2, 0) is 27.6 Å². The Morgan fingerprint density at radius 1 is 0.952 bits per heavy atom. The molecule has 0 saturated carbocycles. The minimum absolute atomic E-state index is 0.0530. The molecule has 3 heterocycles. The summed E-state index contributed by atoms with van der Waals surface area (Å²) in [7, 11) is -2.20. The first-order valence-corrected chi connectivity index (χ1v) is 16.5. The number of sulfone groups is 1. The first kappa shape index (κ1) is 30.0. The number of benzene rings is 2. The van der Waals surface area contributed by atoms with Gasteiger partial charge in [0, 0.05) is 45.1 Å². The molecule has 1 aromatic heterocycles. The van der Waals surface area contributed by atoms with Crippen molar-refractivity contribution in [2.45, 2.75) is 50.0 Å². The molecule has 0 N–H and O–H groups in total. The van der Waals surface area contributed by atoms with Crippen molar-refractivity contribution < 1.29 is 22.7 Å². The highest BCUT2D eigenvalue weighted by Crippen LogP contribution is 2.39. The van der Waals surface area contributed by atoms with E-state index in [0.717, 1.165) is 63.9 Å². The van der Waals surface area contributed by atoms with Gasteiger partial charge in [-0.25, -0.2) is 8.42 Å². The molecule has 1 saturated heterocycles. The van der Waals surface area contributed by atoms with Crippen molar-refractivity contribution in [3.05, 3.63) is 84.2 Å². The van der Waals surface area contributed by atoms with Crippen molar-refractivity contribution in [2.24, 2.45) is 5.41 Å². The molecule has 0 aliphatic carbocycles. The second-order valence-electron chi connectivity index (χ2n) is 11.5. The van der Waals surface area contributed by atoms with Gasteiger partial charge in [-0.1, -0.05) is 24.6 Å². The van der Waals surface area contributed by atoms with Gasteiger partial charge in [0.25, 0.3) is 0 Å². The summed E-state index contributed by atoms with van der Waals surface area (Å²) in [5.74, 6) is 0.713. The molecule has 0 unspecified atom stereocenters. The van der Waals surface area contributed by atoms with Crippen molar-refractivity contribution in [3.8, 4) is 11.5 Å². The Morgan fingerprint density at radius 3 is 2.43 bits per heavy atom. The number of hydrogen-bond acceptors (Lipinski definition) is 7. The molecule has 9 heteroatoms. The van der Waals surface area contributed by atoms with Crippen LogP contribution in [0.3, 0.4) is 0 Å². The topological polar surface area (TPSA) is 89.0 Å². The Bertz CT molecular complexity index is 1420. The van der Waals surface area contributed by atoms with Crippen LogP contribution in [0.1, 0.15) is 43.2 Å². The van der Waals surface area contributed by atoms with Gasteiger partial charge in [-0.3, -0.25) is 14.7 Å². The van der Waals surface area contributed by atoms with Gasteiger partial charge in [0.1, 0.15) is 23.9 Å². The molecule has 1 amide bonds. The number of likely N-dealkylation sites (tertiary alicyclic amines) is 1. The van der Waals surface area contributed by atoms with E-state index in [9.17, 15) is 13.2 Å². The number of pyridine rings is 1. The molecular weight excluding hydrogens is 550 g/mol. The fourth-order valence-corrected chi connectivity index (χ4v) is 7.45. The second kappa shape index (κ2) is 13.7. The van der Waals surface area contributed by atoms with Crippen molar-refractivity contribution in [3.63, 3.8) is 0 Å². The Balaban J connectivity index is 1.27. The number of methoxy groups -OCH3 is 1. The number of amides is 1. The molecule has 224 valence electrons. The van der Waals surface area contributed by atoms with Crippen molar-refractivity contribution in [2.75, 3.05) is 45.6 Å². The third kappa shape index (κ3) is 7.69. The van der Waals surface area contributed by atoms with E-state index < -0.39 is 15.6 Å². The highest BCUT2D eigenvalue weighted by Gasteiger charge is 2.38. The zero-order valence-electron chi connectivity index (χ0n) is 24.4. The fraction of sp³-hybridized carbons (Fsp3) is 0.455. The molecule has 1 spiro atoms. The lowest BCUT2D eigenvalue weighted by Crippen LogP contribution is -2.49. The molecule has 2 aromatic carbocycles. The molecule has 8 nitrogen and oxygen atoms in total. The zero-order valence-corrected chi connectivity index (χ0v) is 25.2. The Morgan fingerprint density at radius 2 is 1.69 bits per heavy atom. The van der Waals surface area contributed by atoms with Crippen molar-refractivity contribution >= 4 is 15.7 Å². The molecule has 3 aromatic rings. The fourth-order valence-electron chi connectivity index (χ4n) is 6.22. The Kier molecular flexibility index (Phi) is 9.80. The monoisotopic (exact) mass is 591 g/mol. The summed E-state index contributed by atoms with van der Waals surface area (Å²) in [6.07, 6.45) is 9.61. The van der Waals surface area contributed by atoms with Gasteiger partial charge in [0.15, 0.2) is 9.84 Å². The minimum Gasteiger partial charge on any atom is -0.497 e. The third-order valence-electron chi connectivity index (χ3n) is 8.66. The smallest absolute Gasteiger partial charge is 0.238 e. The number of rotatable bonds is 6. The average Bonchev–Trinajstić information content (AvgIpc) is 3.00. The number of aromatic nitrogens is 1. The lowest BCUT2D eigenvalue weighted by atomic mass is 9.73. The molecule has 0 atom stereocenters. The number of carbonyl (C=O) groups excluding carboxylic acids is 1. The predicted molar refractivity (Wildman–Crippen MR) is 162 cm³/mol.